The van der Waals surface area contributed by atoms with Gasteiger partial charge in [-0.05, 0) is 43.5 Å². The van der Waals surface area contributed by atoms with Crippen molar-refractivity contribution in [2.75, 3.05) is 20.1 Å². The Morgan fingerprint density at radius 1 is 1.27 bits per heavy atom. The lowest BCUT2D eigenvalue weighted by Gasteiger charge is -2.37. The minimum Gasteiger partial charge on any atom is -0.344 e. The largest absolute Gasteiger partial charge is 0.417 e. The lowest BCUT2D eigenvalue weighted by molar-refractivity contribution is -0.137. The summed E-state index contributed by atoms with van der Waals surface area (Å²) in [5.74, 6) is 0.832. The zero-order chi connectivity index (χ0) is 23.5. The fourth-order valence-electron chi connectivity index (χ4n) is 4.95. The lowest BCUT2D eigenvalue weighted by Crippen LogP contribution is -2.53. The highest BCUT2D eigenvalue weighted by Crippen LogP contribution is 2.37. The second kappa shape index (κ2) is 7.95. The number of rotatable bonds is 3. The van der Waals surface area contributed by atoms with E-state index in [4.69, 9.17) is 16.6 Å². The number of piperidine rings is 1. The van der Waals surface area contributed by atoms with E-state index in [1.54, 1.807) is 35.7 Å². The van der Waals surface area contributed by atoms with Gasteiger partial charge in [0.05, 0.1) is 35.1 Å². The third-order valence-corrected chi connectivity index (χ3v) is 6.95. The second-order valence-electron chi connectivity index (χ2n) is 8.71. The summed E-state index contributed by atoms with van der Waals surface area (Å²) in [5, 5.41) is 2.95. The average molecular weight is 479 g/mol. The molecule has 4 heterocycles. The molecule has 0 saturated carbocycles. The maximum atomic E-state index is 13.3. The number of amides is 1. The van der Waals surface area contributed by atoms with Crippen LogP contribution < -0.4 is 5.32 Å². The van der Waals surface area contributed by atoms with Crippen LogP contribution in [-0.2, 0) is 17.5 Å². The second-order valence-corrected chi connectivity index (χ2v) is 9.12. The molecular formula is C22H22ClF3N6O. The van der Waals surface area contributed by atoms with Gasteiger partial charge in [0.2, 0.25) is 5.91 Å². The Bertz CT molecular complexity index is 1240. The van der Waals surface area contributed by atoms with Crippen LogP contribution >= 0.6 is 11.6 Å². The molecule has 174 valence electrons. The van der Waals surface area contributed by atoms with Gasteiger partial charge in [0.25, 0.3) is 0 Å². The SMILES string of the molecule is Cc1nc2ncc(C3CN(C)C(=O)C4NCCC43)nc2n1Cc1ccc(Cl)c(C(F)(F)F)c1. The number of imidazole rings is 1. The number of alkyl halides is 3. The highest BCUT2D eigenvalue weighted by atomic mass is 35.5. The zero-order valence-electron chi connectivity index (χ0n) is 18.0. The molecule has 5 rings (SSSR count). The summed E-state index contributed by atoms with van der Waals surface area (Å²) >= 11 is 5.77. The van der Waals surface area contributed by atoms with Crippen molar-refractivity contribution in [3.63, 3.8) is 0 Å². The number of fused-ring (bicyclic) bond motifs is 2. The van der Waals surface area contributed by atoms with E-state index in [0.29, 0.717) is 29.2 Å². The molecule has 2 aromatic heterocycles. The molecule has 2 saturated heterocycles. The minimum atomic E-state index is -4.54. The third-order valence-electron chi connectivity index (χ3n) is 6.62. The number of likely N-dealkylation sites (N-methyl/N-ethyl adjacent to an activating group) is 1. The molecule has 2 fully saturated rings. The number of nitrogens with one attached hydrogen (secondary N) is 1. The zero-order valence-corrected chi connectivity index (χ0v) is 18.8. The summed E-state index contributed by atoms with van der Waals surface area (Å²) < 4.78 is 41.7. The van der Waals surface area contributed by atoms with E-state index in [2.05, 4.69) is 15.3 Å². The van der Waals surface area contributed by atoms with Crippen LogP contribution in [0.3, 0.4) is 0 Å². The van der Waals surface area contributed by atoms with E-state index in [9.17, 15) is 18.0 Å². The van der Waals surface area contributed by atoms with E-state index in [1.165, 1.54) is 6.07 Å². The van der Waals surface area contributed by atoms with Crippen LogP contribution in [0.5, 0.6) is 0 Å². The molecule has 3 unspecified atom stereocenters. The first kappa shape index (κ1) is 22.1. The molecule has 3 aromatic rings. The minimum absolute atomic E-state index is 0.0145. The Morgan fingerprint density at radius 3 is 2.82 bits per heavy atom. The fraction of sp³-hybridized carbons (Fsp3) is 0.455. The number of aryl methyl sites for hydroxylation is 1. The van der Waals surface area contributed by atoms with Crippen LogP contribution in [-0.4, -0.2) is 56.5 Å². The average Bonchev–Trinajstić information content (AvgIpc) is 3.36. The van der Waals surface area contributed by atoms with Crippen molar-refractivity contribution in [2.45, 2.75) is 38.0 Å². The van der Waals surface area contributed by atoms with Gasteiger partial charge in [-0.1, -0.05) is 17.7 Å². The lowest BCUT2D eigenvalue weighted by atomic mass is 9.80. The molecular weight excluding hydrogens is 457 g/mol. The predicted octanol–water partition coefficient (Wildman–Crippen LogP) is 3.39. The molecule has 2 aliphatic rings. The van der Waals surface area contributed by atoms with Crippen molar-refractivity contribution in [1.29, 1.82) is 0 Å². The summed E-state index contributed by atoms with van der Waals surface area (Å²) in [6.07, 6.45) is -1.97. The first-order chi connectivity index (χ1) is 15.6. The van der Waals surface area contributed by atoms with Crippen LogP contribution in [0.4, 0.5) is 13.2 Å². The number of hydrogen-bond donors (Lipinski definition) is 1. The quantitative estimate of drug-likeness (QED) is 0.624. The van der Waals surface area contributed by atoms with Gasteiger partial charge in [-0.25, -0.2) is 15.0 Å². The monoisotopic (exact) mass is 478 g/mol. The molecule has 0 bridgehead atoms. The van der Waals surface area contributed by atoms with Gasteiger partial charge in [-0.15, -0.1) is 0 Å². The van der Waals surface area contributed by atoms with Gasteiger partial charge in [-0.2, -0.15) is 13.2 Å². The van der Waals surface area contributed by atoms with E-state index in [1.807, 2.05) is 0 Å². The Balaban J connectivity index is 1.52. The van der Waals surface area contributed by atoms with E-state index < -0.39 is 11.7 Å². The molecule has 2 aliphatic heterocycles. The summed E-state index contributed by atoms with van der Waals surface area (Å²) in [4.78, 5) is 28.0. The number of nitrogens with zero attached hydrogens (tertiary/aromatic N) is 5. The summed E-state index contributed by atoms with van der Waals surface area (Å²) in [7, 11) is 1.78. The van der Waals surface area contributed by atoms with Gasteiger partial charge in [0.1, 0.15) is 5.82 Å². The number of carbonyl (C=O) groups is 1. The smallest absolute Gasteiger partial charge is 0.344 e. The van der Waals surface area contributed by atoms with Crippen molar-refractivity contribution in [2.24, 2.45) is 5.92 Å². The number of hydrogen-bond acceptors (Lipinski definition) is 5. The molecule has 0 radical (unpaired) electrons. The van der Waals surface area contributed by atoms with Crippen molar-refractivity contribution in [3.05, 3.63) is 52.1 Å². The van der Waals surface area contributed by atoms with Crippen LogP contribution in [0.2, 0.25) is 5.02 Å². The van der Waals surface area contributed by atoms with E-state index >= 15 is 0 Å². The van der Waals surface area contributed by atoms with Gasteiger partial charge in [0.15, 0.2) is 11.3 Å². The molecule has 0 spiro atoms. The van der Waals surface area contributed by atoms with Crippen LogP contribution in [0, 0.1) is 12.8 Å². The highest BCUT2D eigenvalue weighted by Gasteiger charge is 2.45. The molecule has 1 aromatic carbocycles. The Hall–Kier alpha value is -2.72. The molecule has 1 amide bonds. The van der Waals surface area contributed by atoms with Crippen molar-refractivity contribution in [3.8, 4) is 0 Å². The number of halogens is 4. The number of aromatic nitrogens is 4. The van der Waals surface area contributed by atoms with Crippen LogP contribution in [0.15, 0.2) is 24.4 Å². The topological polar surface area (TPSA) is 75.9 Å². The maximum absolute atomic E-state index is 13.3. The third kappa shape index (κ3) is 3.85. The van der Waals surface area contributed by atoms with Gasteiger partial charge in [0, 0.05) is 19.5 Å². The number of likely N-dealkylation sites (tertiary alicyclic amines) is 1. The molecule has 3 atom stereocenters. The Morgan fingerprint density at radius 2 is 2.06 bits per heavy atom. The Kier molecular flexibility index (Phi) is 5.32. The summed E-state index contributed by atoms with van der Waals surface area (Å²) in [6, 6.07) is 3.65. The molecule has 11 heteroatoms. The van der Waals surface area contributed by atoms with Crippen LogP contribution in [0.1, 0.15) is 35.0 Å². The standard InChI is InChI=1S/C22H22ClF3N6O/c1-11-29-19-20(32(11)9-12-3-4-16(23)15(7-12)22(24,25)26)30-17(8-28-19)14-10-31(2)21(33)18-13(14)5-6-27-18/h3-4,7-8,13-14,18,27H,5-6,9-10H2,1-2H3. The van der Waals surface area contributed by atoms with Crippen LogP contribution in [0.25, 0.3) is 11.3 Å². The van der Waals surface area contributed by atoms with Crippen molar-refractivity contribution in [1.82, 2.24) is 29.7 Å². The molecule has 7 nitrogen and oxygen atoms in total. The maximum Gasteiger partial charge on any atom is 0.417 e. The molecule has 33 heavy (non-hydrogen) atoms. The molecule has 1 N–H and O–H groups in total. The number of benzene rings is 1. The van der Waals surface area contributed by atoms with Crippen molar-refractivity contribution < 1.29 is 18.0 Å². The first-order valence-corrected chi connectivity index (χ1v) is 11.0. The highest BCUT2D eigenvalue weighted by molar-refractivity contribution is 6.31. The Labute approximate surface area is 193 Å². The first-order valence-electron chi connectivity index (χ1n) is 10.7. The van der Waals surface area contributed by atoms with Crippen molar-refractivity contribution >= 4 is 28.8 Å². The number of carbonyl (C=O) groups excluding carboxylic acids is 1. The van der Waals surface area contributed by atoms with E-state index in [-0.39, 0.29) is 35.4 Å². The summed E-state index contributed by atoms with van der Waals surface area (Å²) in [5.41, 5.74) is 1.27. The van der Waals surface area contributed by atoms with Gasteiger partial charge in [-0.3, -0.25) is 4.79 Å². The molecule has 0 aliphatic carbocycles. The predicted molar refractivity (Wildman–Crippen MR) is 116 cm³/mol. The normalized spacial score (nSPS) is 23.4. The van der Waals surface area contributed by atoms with Gasteiger partial charge >= 0.3 is 6.18 Å². The summed E-state index contributed by atoms with van der Waals surface area (Å²) in [6.45, 7) is 3.24. The fourth-order valence-corrected chi connectivity index (χ4v) is 5.17. The van der Waals surface area contributed by atoms with Gasteiger partial charge < -0.3 is 14.8 Å². The van der Waals surface area contributed by atoms with E-state index in [0.717, 1.165) is 24.7 Å².